The summed E-state index contributed by atoms with van der Waals surface area (Å²) >= 11 is 0. The molecule has 0 heterocycles. The monoisotopic (exact) mass is 213 g/mol. The Bertz CT molecular complexity index is 157. The SMILES string of the molecule is CCCCC(CC)CC(=O)CCCNC. The number of ketones is 1. The fourth-order valence-corrected chi connectivity index (χ4v) is 1.83. The Morgan fingerprint density at radius 3 is 2.53 bits per heavy atom. The minimum absolute atomic E-state index is 0.452. The van der Waals surface area contributed by atoms with Gasteiger partial charge in [-0.15, -0.1) is 0 Å². The van der Waals surface area contributed by atoms with Gasteiger partial charge in [-0.05, 0) is 25.9 Å². The third kappa shape index (κ3) is 8.61. The first-order chi connectivity index (χ1) is 7.24. The van der Waals surface area contributed by atoms with Crippen LogP contribution in [0, 0.1) is 5.92 Å². The zero-order valence-corrected chi connectivity index (χ0v) is 10.6. The second-order valence-electron chi connectivity index (χ2n) is 4.37. The van der Waals surface area contributed by atoms with E-state index in [1.54, 1.807) is 0 Å². The second-order valence-corrected chi connectivity index (χ2v) is 4.37. The molecule has 1 atom stereocenters. The van der Waals surface area contributed by atoms with E-state index in [0.29, 0.717) is 11.7 Å². The van der Waals surface area contributed by atoms with Crippen LogP contribution in [-0.4, -0.2) is 19.4 Å². The van der Waals surface area contributed by atoms with Crippen molar-refractivity contribution < 1.29 is 4.79 Å². The first-order valence-electron chi connectivity index (χ1n) is 6.40. The lowest BCUT2D eigenvalue weighted by Gasteiger charge is -2.13. The van der Waals surface area contributed by atoms with Gasteiger partial charge in [0.25, 0.3) is 0 Å². The van der Waals surface area contributed by atoms with Gasteiger partial charge in [-0.1, -0.05) is 39.5 Å². The first kappa shape index (κ1) is 14.6. The molecule has 0 fully saturated rings. The van der Waals surface area contributed by atoms with Gasteiger partial charge in [-0.25, -0.2) is 0 Å². The summed E-state index contributed by atoms with van der Waals surface area (Å²) in [5.41, 5.74) is 0. The summed E-state index contributed by atoms with van der Waals surface area (Å²) in [5.74, 6) is 1.08. The second kappa shape index (κ2) is 10.2. The van der Waals surface area contributed by atoms with E-state index in [1.807, 2.05) is 7.05 Å². The maximum Gasteiger partial charge on any atom is 0.133 e. The van der Waals surface area contributed by atoms with Crippen LogP contribution in [0.5, 0.6) is 0 Å². The van der Waals surface area contributed by atoms with Gasteiger partial charge >= 0.3 is 0 Å². The van der Waals surface area contributed by atoms with E-state index in [2.05, 4.69) is 19.2 Å². The molecule has 1 unspecified atom stereocenters. The third-order valence-electron chi connectivity index (χ3n) is 2.94. The first-order valence-corrected chi connectivity index (χ1v) is 6.40. The Balaban J connectivity index is 3.60. The van der Waals surface area contributed by atoms with E-state index >= 15 is 0 Å². The number of nitrogens with one attached hydrogen (secondary N) is 1. The zero-order valence-electron chi connectivity index (χ0n) is 10.6. The highest BCUT2D eigenvalue weighted by Gasteiger charge is 2.11. The molecule has 0 radical (unpaired) electrons. The molecule has 0 amide bonds. The molecule has 0 saturated carbocycles. The van der Waals surface area contributed by atoms with Crippen LogP contribution in [0.3, 0.4) is 0 Å². The maximum absolute atomic E-state index is 11.6. The van der Waals surface area contributed by atoms with Crippen molar-refractivity contribution in [3.05, 3.63) is 0 Å². The molecule has 0 aromatic rings. The smallest absolute Gasteiger partial charge is 0.133 e. The molecule has 0 aromatic heterocycles. The molecule has 1 N–H and O–H groups in total. The summed E-state index contributed by atoms with van der Waals surface area (Å²) in [6.45, 7) is 5.36. The lowest BCUT2D eigenvalue weighted by molar-refractivity contribution is -0.120. The molecule has 2 nitrogen and oxygen atoms in total. The highest BCUT2D eigenvalue weighted by atomic mass is 16.1. The lowest BCUT2D eigenvalue weighted by atomic mass is 9.92. The molecular weight excluding hydrogens is 186 g/mol. The van der Waals surface area contributed by atoms with Crippen LogP contribution in [0.2, 0.25) is 0 Å². The quantitative estimate of drug-likeness (QED) is 0.565. The van der Waals surface area contributed by atoms with Crippen molar-refractivity contribution in [3.8, 4) is 0 Å². The van der Waals surface area contributed by atoms with E-state index in [4.69, 9.17) is 0 Å². The normalized spacial score (nSPS) is 12.7. The molecule has 0 aliphatic rings. The molecule has 2 heteroatoms. The predicted octanol–water partition coefficient (Wildman–Crippen LogP) is 3.16. The number of hydrogen-bond donors (Lipinski definition) is 1. The number of Topliss-reactive ketones (excluding diaryl/α,β-unsaturated/α-hetero) is 1. The summed E-state index contributed by atoms with van der Waals surface area (Å²) in [5, 5.41) is 3.07. The van der Waals surface area contributed by atoms with Crippen LogP contribution >= 0.6 is 0 Å². The van der Waals surface area contributed by atoms with E-state index in [9.17, 15) is 4.79 Å². The van der Waals surface area contributed by atoms with Crippen LogP contribution < -0.4 is 5.32 Å². The van der Waals surface area contributed by atoms with Gasteiger partial charge in [0.05, 0.1) is 0 Å². The lowest BCUT2D eigenvalue weighted by Crippen LogP contribution is -2.12. The van der Waals surface area contributed by atoms with E-state index in [0.717, 1.165) is 32.2 Å². The molecule has 0 aliphatic carbocycles. The molecule has 0 saturated heterocycles. The average molecular weight is 213 g/mol. The van der Waals surface area contributed by atoms with Crippen molar-refractivity contribution in [1.82, 2.24) is 5.32 Å². The summed E-state index contributed by atoms with van der Waals surface area (Å²) in [6.07, 6.45) is 7.43. The fourth-order valence-electron chi connectivity index (χ4n) is 1.83. The minimum Gasteiger partial charge on any atom is -0.320 e. The van der Waals surface area contributed by atoms with Crippen LogP contribution in [-0.2, 0) is 4.79 Å². The molecule has 0 rings (SSSR count). The van der Waals surface area contributed by atoms with Gasteiger partial charge in [-0.3, -0.25) is 4.79 Å². The average Bonchev–Trinajstić information content (AvgIpc) is 2.24. The highest BCUT2D eigenvalue weighted by Crippen LogP contribution is 2.17. The topological polar surface area (TPSA) is 29.1 Å². The van der Waals surface area contributed by atoms with Crippen molar-refractivity contribution in [3.63, 3.8) is 0 Å². The summed E-state index contributed by atoms with van der Waals surface area (Å²) in [7, 11) is 1.93. The maximum atomic E-state index is 11.6. The Morgan fingerprint density at radius 1 is 1.27 bits per heavy atom. The summed E-state index contributed by atoms with van der Waals surface area (Å²) < 4.78 is 0. The summed E-state index contributed by atoms with van der Waals surface area (Å²) in [4.78, 5) is 11.6. The zero-order chi connectivity index (χ0) is 11.5. The van der Waals surface area contributed by atoms with Gasteiger partial charge in [-0.2, -0.15) is 0 Å². The largest absolute Gasteiger partial charge is 0.320 e. The summed E-state index contributed by atoms with van der Waals surface area (Å²) in [6, 6.07) is 0. The van der Waals surface area contributed by atoms with Crippen LogP contribution in [0.25, 0.3) is 0 Å². The molecule has 0 aromatic carbocycles. The van der Waals surface area contributed by atoms with Crippen molar-refractivity contribution in [1.29, 1.82) is 0 Å². The Hall–Kier alpha value is -0.370. The Labute approximate surface area is 94.8 Å². The van der Waals surface area contributed by atoms with Gasteiger partial charge in [0.2, 0.25) is 0 Å². The van der Waals surface area contributed by atoms with Crippen molar-refractivity contribution in [2.24, 2.45) is 5.92 Å². The van der Waals surface area contributed by atoms with E-state index in [1.165, 1.54) is 19.3 Å². The van der Waals surface area contributed by atoms with Crippen LogP contribution in [0.15, 0.2) is 0 Å². The van der Waals surface area contributed by atoms with Gasteiger partial charge < -0.3 is 5.32 Å². The Morgan fingerprint density at radius 2 is 2.00 bits per heavy atom. The minimum atomic E-state index is 0.452. The van der Waals surface area contributed by atoms with Crippen molar-refractivity contribution in [2.45, 2.75) is 58.8 Å². The molecule has 15 heavy (non-hydrogen) atoms. The molecule has 0 spiro atoms. The highest BCUT2D eigenvalue weighted by molar-refractivity contribution is 5.78. The van der Waals surface area contributed by atoms with Crippen LogP contribution in [0.4, 0.5) is 0 Å². The van der Waals surface area contributed by atoms with Gasteiger partial charge in [0.1, 0.15) is 5.78 Å². The van der Waals surface area contributed by atoms with Crippen molar-refractivity contribution in [2.75, 3.05) is 13.6 Å². The van der Waals surface area contributed by atoms with Crippen molar-refractivity contribution >= 4 is 5.78 Å². The predicted molar refractivity (Wildman–Crippen MR) is 66.1 cm³/mol. The fraction of sp³-hybridized carbons (Fsp3) is 0.923. The Kier molecular flexibility index (Phi) is 9.91. The van der Waals surface area contributed by atoms with Crippen LogP contribution in [0.1, 0.15) is 58.8 Å². The number of rotatable bonds is 10. The standard InChI is InChI=1S/C13H27NO/c1-4-6-8-12(5-2)11-13(15)9-7-10-14-3/h12,14H,4-11H2,1-3H3. The molecule has 0 bridgehead atoms. The third-order valence-corrected chi connectivity index (χ3v) is 2.94. The number of hydrogen-bond acceptors (Lipinski definition) is 2. The van der Waals surface area contributed by atoms with E-state index < -0.39 is 0 Å². The number of unbranched alkanes of at least 4 members (excludes halogenated alkanes) is 1. The van der Waals surface area contributed by atoms with E-state index in [-0.39, 0.29) is 0 Å². The number of carbonyl (C=O) groups is 1. The molecule has 0 aliphatic heterocycles. The van der Waals surface area contributed by atoms with Gasteiger partial charge in [0.15, 0.2) is 0 Å². The molecule has 90 valence electrons. The van der Waals surface area contributed by atoms with Gasteiger partial charge in [0, 0.05) is 12.8 Å². The number of carbonyl (C=O) groups excluding carboxylic acids is 1. The molecular formula is C13H27NO.